The number of aliphatic hydroxyl groups excluding tert-OH is 1. The summed E-state index contributed by atoms with van der Waals surface area (Å²) < 4.78 is 5.38. The van der Waals surface area contributed by atoms with Crippen molar-refractivity contribution in [1.29, 1.82) is 0 Å². The minimum absolute atomic E-state index is 0.0920. The highest BCUT2D eigenvalue weighted by Crippen LogP contribution is 2.34. The van der Waals surface area contributed by atoms with Crippen LogP contribution in [0.3, 0.4) is 0 Å². The minimum Gasteiger partial charge on any atom is -0.444 e. The summed E-state index contributed by atoms with van der Waals surface area (Å²) in [6, 6.07) is 11.5. The largest absolute Gasteiger partial charge is 0.444 e. The van der Waals surface area contributed by atoms with Crippen LogP contribution in [0.2, 0.25) is 0 Å². The fraction of sp³-hybridized carbons (Fsp3) is 0.500. The summed E-state index contributed by atoms with van der Waals surface area (Å²) in [5.74, 6) is -1.75. The summed E-state index contributed by atoms with van der Waals surface area (Å²) in [7, 11) is 0. The van der Waals surface area contributed by atoms with Gasteiger partial charge in [-0.1, -0.05) is 56.7 Å². The average Bonchev–Trinajstić information content (AvgIpc) is 3.36. The van der Waals surface area contributed by atoms with Gasteiger partial charge in [-0.2, -0.15) is 5.48 Å². The van der Waals surface area contributed by atoms with E-state index in [1.807, 2.05) is 61.2 Å². The van der Waals surface area contributed by atoms with Crippen molar-refractivity contribution in [2.75, 3.05) is 11.6 Å². The van der Waals surface area contributed by atoms with Gasteiger partial charge in [-0.25, -0.2) is 9.59 Å². The molecule has 0 bridgehead atoms. The van der Waals surface area contributed by atoms with Gasteiger partial charge in [0.1, 0.15) is 18.3 Å². The lowest BCUT2D eigenvalue weighted by Gasteiger charge is -2.28. The molecule has 1 unspecified atom stereocenters. The number of amides is 3. The molecule has 0 fully saturated rings. The van der Waals surface area contributed by atoms with Gasteiger partial charge in [0.2, 0.25) is 5.91 Å². The Bertz CT molecular complexity index is 1370. The first-order valence-corrected chi connectivity index (χ1v) is 14.9. The van der Waals surface area contributed by atoms with Gasteiger partial charge in [0.25, 0.3) is 5.91 Å². The van der Waals surface area contributed by atoms with Gasteiger partial charge in [-0.3, -0.25) is 14.5 Å². The van der Waals surface area contributed by atoms with Crippen LogP contribution in [-0.2, 0) is 24.0 Å². The summed E-state index contributed by atoms with van der Waals surface area (Å²) in [5, 5.41) is 14.7. The van der Waals surface area contributed by atoms with Gasteiger partial charge in [-0.05, 0) is 51.5 Å². The molecule has 4 atom stereocenters. The third kappa shape index (κ3) is 9.68. The van der Waals surface area contributed by atoms with Crippen molar-refractivity contribution in [3.8, 4) is 0 Å². The van der Waals surface area contributed by atoms with E-state index in [1.165, 1.54) is 4.90 Å². The molecule has 3 rings (SSSR count). The van der Waals surface area contributed by atoms with Gasteiger partial charge in [0.15, 0.2) is 0 Å². The van der Waals surface area contributed by atoms with Crippen molar-refractivity contribution < 1.29 is 33.9 Å². The summed E-state index contributed by atoms with van der Waals surface area (Å²) >= 11 is 0. The molecule has 1 aliphatic heterocycles. The molecule has 0 radical (unpaired) electrons. The van der Waals surface area contributed by atoms with Crippen molar-refractivity contribution in [1.82, 2.24) is 15.7 Å². The summed E-state index contributed by atoms with van der Waals surface area (Å²) in [4.78, 5) is 59.7. The molecule has 0 saturated carbocycles. The zero-order valence-electron chi connectivity index (χ0n) is 26.3. The quantitative estimate of drug-likeness (QED) is 0.278. The molecule has 240 valence electrons. The van der Waals surface area contributed by atoms with Gasteiger partial charge >= 0.3 is 12.1 Å². The van der Waals surface area contributed by atoms with Crippen molar-refractivity contribution in [2.24, 2.45) is 11.7 Å². The Labute approximate surface area is 258 Å². The molecule has 12 nitrogen and oxygen atoms in total. The molecule has 2 aromatic carbocycles. The summed E-state index contributed by atoms with van der Waals surface area (Å²) in [6.45, 7) is 10.7. The van der Waals surface area contributed by atoms with Crippen molar-refractivity contribution in [3.63, 3.8) is 0 Å². The topological polar surface area (TPSA) is 164 Å². The van der Waals surface area contributed by atoms with Crippen LogP contribution in [0.1, 0.15) is 67.2 Å². The van der Waals surface area contributed by atoms with Crippen molar-refractivity contribution in [2.45, 2.75) is 91.0 Å². The van der Waals surface area contributed by atoms with E-state index >= 15 is 0 Å². The molecule has 0 spiro atoms. The SMILES string of the molecule is CCC(C)C[C@H](O)CC(=O)ONC(=O)[C@H](CC1=CN(C(=O)[C@H](C)N)CN1c1cccc2ccccc12)NC(=O)OC(C)(C)C. The van der Waals surface area contributed by atoms with E-state index in [0.717, 1.165) is 22.9 Å². The number of carbonyl (C=O) groups is 4. The molecule has 3 amide bonds. The second-order valence-electron chi connectivity index (χ2n) is 12.2. The van der Waals surface area contributed by atoms with Gasteiger partial charge < -0.3 is 30.6 Å². The van der Waals surface area contributed by atoms with E-state index in [0.29, 0.717) is 12.1 Å². The molecule has 44 heavy (non-hydrogen) atoms. The second kappa shape index (κ2) is 15.0. The normalized spacial score (nSPS) is 16.0. The molecule has 0 aromatic heterocycles. The first-order chi connectivity index (χ1) is 20.7. The number of benzene rings is 2. The van der Waals surface area contributed by atoms with Crippen LogP contribution in [0.15, 0.2) is 54.4 Å². The van der Waals surface area contributed by atoms with E-state index < -0.39 is 41.8 Å². The van der Waals surface area contributed by atoms with Crippen LogP contribution in [-0.4, -0.2) is 64.3 Å². The van der Waals surface area contributed by atoms with Crippen LogP contribution in [0.4, 0.5) is 10.5 Å². The van der Waals surface area contributed by atoms with Gasteiger partial charge in [0.05, 0.1) is 24.3 Å². The predicted molar refractivity (Wildman–Crippen MR) is 167 cm³/mol. The molecule has 2 aromatic rings. The number of fused-ring (bicyclic) bond motifs is 1. The third-order valence-electron chi connectivity index (χ3n) is 7.14. The number of anilines is 1. The Balaban J connectivity index is 1.88. The number of hydroxylamine groups is 1. The monoisotopic (exact) mass is 611 g/mol. The number of aliphatic hydroxyl groups is 1. The predicted octanol–water partition coefficient (Wildman–Crippen LogP) is 3.68. The standard InChI is InChI=1S/C32H45N5O7/c1-7-20(2)15-24(38)17-28(39)44-35-29(40)26(34-31(42)43-32(4,5)6)16-23-18-36(30(41)21(3)33)19-37(23)27-14-10-12-22-11-8-9-13-25(22)27/h8-14,18,20-21,24,26,38H,7,15-17,19,33H2,1-6H3,(H,34,42)(H,35,40)/t20?,21-,24-,26-/m0/s1. The van der Waals surface area contributed by atoms with Crippen LogP contribution < -0.4 is 21.4 Å². The number of hydrogen-bond acceptors (Lipinski definition) is 9. The van der Waals surface area contributed by atoms with Crippen LogP contribution in [0.25, 0.3) is 10.8 Å². The maximum atomic E-state index is 13.4. The number of nitrogens with one attached hydrogen (secondary N) is 2. The molecular formula is C32H45N5O7. The number of nitrogens with two attached hydrogens (primary N) is 1. The van der Waals surface area contributed by atoms with E-state index in [1.54, 1.807) is 33.9 Å². The first kappa shape index (κ1) is 34.3. The average molecular weight is 612 g/mol. The Morgan fingerprint density at radius 1 is 1.07 bits per heavy atom. The van der Waals surface area contributed by atoms with E-state index in [4.69, 9.17) is 15.3 Å². The number of ether oxygens (including phenoxy) is 1. The van der Waals surface area contributed by atoms with Crippen molar-refractivity contribution in [3.05, 3.63) is 54.4 Å². The van der Waals surface area contributed by atoms with Crippen LogP contribution in [0, 0.1) is 5.92 Å². The smallest absolute Gasteiger partial charge is 0.408 e. The van der Waals surface area contributed by atoms with Crippen molar-refractivity contribution >= 4 is 40.3 Å². The maximum absolute atomic E-state index is 13.4. The molecule has 0 aliphatic carbocycles. The van der Waals surface area contributed by atoms with E-state index in [9.17, 15) is 24.3 Å². The van der Waals surface area contributed by atoms with Gasteiger partial charge in [-0.15, -0.1) is 0 Å². The van der Waals surface area contributed by atoms with E-state index in [-0.39, 0.29) is 31.3 Å². The van der Waals surface area contributed by atoms with Gasteiger partial charge in [0, 0.05) is 23.7 Å². The zero-order valence-corrected chi connectivity index (χ0v) is 26.3. The molecule has 1 heterocycles. The Morgan fingerprint density at radius 3 is 2.41 bits per heavy atom. The number of nitrogens with zero attached hydrogens (tertiary/aromatic N) is 2. The molecule has 0 saturated heterocycles. The number of carbonyl (C=O) groups excluding carboxylic acids is 4. The lowest BCUT2D eigenvalue weighted by Crippen LogP contribution is -2.49. The highest BCUT2D eigenvalue weighted by molar-refractivity contribution is 5.96. The Kier molecular flexibility index (Phi) is 11.7. The molecular weight excluding hydrogens is 566 g/mol. The van der Waals surface area contributed by atoms with Crippen LogP contribution in [0.5, 0.6) is 0 Å². The number of rotatable bonds is 11. The minimum atomic E-state index is -1.27. The fourth-order valence-electron chi connectivity index (χ4n) is 4.76. The van der Waals surface area contributed by atoms with Crippen LogP contribution >= 0.6 is 0 Å². The molecule has 1 aliphatic rings. The lowest BCUT2D eigenvalue weighted by atomic mass is 9.99. The Hall–Kier alpha value is -4.16. The zero-order chi connectivity index (χ0) is 32.6. The molecule has 12 heteroatoms. The summed E-state index contributed by atoms with van der Waals surface area (Å²) in [6.07, 6.45) is 0.690. The highest BCUT2D eigenvalue weighted by Gasteiger charge is 2.33. The van der Waals surface area contributed by atoms with E-state index in [2.05, 4.69) is 10.8 Å². The molecule has 5 N–H and O–H groups in total. The number of alkyl carbamates (subject to hydrolysis) is 1. The maximum Gasteiger partial charge on any atom is 0.408 e. The lowest BCUT2D eigenvalue weighted by molar-refractivity contribution is -0.160. The highest BCUT2D eigenvalue weighted by atomic mass is 16.7. The fourth-order valence-corrected chi connectivity index (χ4v) is 4.76. The second-order valence-corrected chi connectivity index (χ2v) is 12.2. The third-order valence-corrected chi connectivity index (χ3v) is 7.14. The number of hydrogen-bond donors (Lipinski definition) is 4. The Morgan fingerprint density at radius 2 is 1.75 bits per heavy atom. The summed E-state index contributed by atoms with van der Waals surface area (Å²) in [5.41, 5.74) is 8.49. The first-order valence-electron chi connectivity index (χ1n) is 14.9.